The molecule has 0 atom stereocenters. The summed E-state index contributed by atoms with van der Waals surface area (Å²) in [6.45, 7) is 0.550. The largest absolute Gasteiger partial charge is 0.476 e. The van der Waals surface area contributed by atoms with Crippen molar-refractivity contribution in [2.75, 3.05) is 5.32 Å². The van der Waals surface area contributed by atoms with Crippen molar-refractivity contribution in [3.8, 4) is 0 Å². The quantitative estimate of drug-likeness (QED) is 0.754. The van der Waals surface area contributed by atoms with Crippen LogP contribution < -0.4 is 5.32 Å². The molecule has 0 saturated heterocycles. The van der Waals surface area contributed by atoms with Crippen molar-refractivity contribution in [3.63, 3.8) is 0 Å². The zero-order valence-electron chi connectivity index (χ0n) is 10.1. The van der Waals surface area contributed by atoms with Crippen LogP contribution >= 0.6 is 11.7 Å². The molecule has 3 aromatic rings. The Morgan fingerprint density at radius 3 is 2.80 bits per heavy atom. The number of hydrogen-bond acceptors (Lipinski definition) is 7. The SMILES string of the molecule is O=C(O)c1cnc(NCc2ccc3nsnc3c2)cn1. The molecule has 0 unspecified atom stereocenters. The molecule has 2 N–H and O–H groups in total. The molecule has 1 aromatic carbocycles. The normalized spacial score (nSPS) is 10.6. The molecule has 2 aromatic heterocycles. The summed E-state index contributed by atoms with van der Waals surface area (Å²) in [6.07, 6.45) is 2.62. The maximum atomic E-state index is 10.7. The Bertz CT molecular complexity index is 756. The molecule has 0 radical (unpaired) electrons. The molecule has 0 bridgehead atoms. The van der Waals surface area contributed by atoms with E-state index in [1.165, 1.54) is 24.1 Å². The van der Waals surface area contributed by atoms with Gasteiger partial charge in [0, 0.05) is 6.54 Å². The molecule has 0 aliphatic carbocycles. The summed E-state index contributed by atoms with van der Waals surface area (Å²) in [4.78, 5) is 18.4. The van der Waals surface area contributed by atoms with E-state index in [-0.39, 0.29) is 5.69 Å². The number of anilines is 1. The monoisotopic (exact) mass is 287 g/mol. The van der Waals surface area contributed by atoms with Gasteiger partial charge in [-0.15, -0.1) is 0 Å². The Morgan fingerprint density at radius 2 is 2.05 bits per heavy atom. The first kappa shape index (κ1) is 12.4. The molecule has 100 valence electrons. The van der Waals surface area contributed by atoms with Crippen molar-refractivity contribution in [2.24, 2.45) is 0 Å². The van der Waals surface area contributed by atoms with Gasteiger partial charge in [0.05, 0.1) is 24.1 Å². The Balaban J connectivity index is 1.70. The minimum absolute atomic E-state index is 0.0782. The van der Waals surface area contributed by atoms with Gasteiger partial charge in [0.1, 0.15) is 16.9 Å². The van der Waals surface area contributed by atoms with Crippen molar-refractivity contribution in [1.82, 2.24) is 18.7 Å². The standard InChI is InChI=1S/C12H9N5O2S/c18-12(19)10-5-15-11(6-13-10)14-4-7-1-2-8-9(3-7)17-20-16-8/h1-3,5-6H,4H2,(H,14,15)(H,18,19). The van der Waals surface area contributed by atoms with Crippen LogP contribution in [-0.2, 0) is 6.54 Å². The van der Waals surface area contributed by atoms with Crippen LogP contribution in [0.2, 0.25) is 0 Å². The first-order valence-corrected chi connectivity index (χ1v) is 6.46. The highest BCUT2D eigenvalue weighted by molar-refractivity contribution is 7.00. The lowest BCUT2D eigenvalue weighted by Crippen LogP contribution is -2.05. The second-order valence-corrected chi connectivity index (χ2v) is 4.56. The molecule has 0 saturated carbocycles. The third-order valence-corrected chi connectivity index (χ3v) is 3.22. The van der Waals surface area contributed by atoms with Gasteiger partial charge in [-0.2, -0.15) is 8.75 Å². The number of nitrogens with zero attached hydrogens (tertiary/aromatic N) is 4. The molecule has 0 spiro atoms. The predicted octanol–water partition coefficient (Wildman–Crippen LogP) is 1.79. The smallest absolute Gasteiger partial charge is 0.356 e. The van der Waals surface area contributed by atoms with Gasteiger partial charge in [0.25, 0.3) is 0 Å². The number of nitrogens with one attached hydrogen (secondary N) is 1. The molecule has 0 amide bonds. The van der Waals surface area contributed by atoms with E-state index in [9.17, 15) is 4.79 Å². The van der Waals surface area contributed by atoms with Crippen LogP contribution in [0.25, 0.3) is 11.0 Å². The summed E-state index contributed by atoms with van der Waals surface area (Å²) < 4.78 is 8.31. The zero-order chi connectivity index (χ0) is 13.9. The first-order valence-electron chi connectivity index (χ1n) is 5.73. The Morgan fingerprint density at radius 1 is 1.20 bits per heavy atom. The van der Waals surface area contributed by atoms with Gasteiger partial charge in [0.15, 0.2) is 5.69 Å². The number of aromatic carboxylic acids is 1. The van der Waals surface area contributed by atoms with Crippen molar-refractivity contribution in [2.45, 2.75) is 6.54 Å². The van der Waals surface area contributed by atoms with Crippen LogP contribution in [0.3, 0.4) is 0 Å². The minimum Gasteiger partial charge on any atom is -0.476 e. The average Bonchev–Trinajstić information content (AvgIpc) is 2.93. The van der Waals surface area contributed by atoms with E-state index in [1.54, 1.807) is 0 Å². The molecule has 3 rings (SSSR count). The highest BCUT2D eigenvalue weighted by atomic mass is 32.1. The van der Waals surface area contributed by atoms with Gasteiger partial charge in [-0.3, -0.25) is 0 Å². The molecule has 0 fully saturated rings. The van der Waals surface area contributed by atoms with Crippen molar-refractivity contribution in [1.29, 1.82) is 0 Å². The van der Waals surface area contributed by atoms with Gasteiger partial charge in [-0.25, -0.2) is 14.8 Å². The number of carbonyl (C=O) groups is 1. The Labute approximate surface area is 117 Å². The molecule has 0 aliphatic rings. The lowest BCUT2D eigenvalue weighted by Gasteiger charge is -2.05. The summed E-state index contributed by atoms with van der Waals surface area (Å²) in [5, 5.41) is 11.8. The van der Waals surface area contributed by atoms with E-state index in [4.69, 9.17) is 5.11 Å². The lowest BCUT2D eigenvalue weighted by molar-refractivity contribution is 0.0690. The van der Waals surface area contributed by atoms with Gasteiger partial charge >= 0.3 is 5.97 Å². The number of carboxylic acids is 1. The average molecular weight is 287 g/mol. The molecule has 8 heteroatoms. The van der Waals surface area contributed by atoms with Crippen molar-refractivity contribution in [3.05, 3.63) is 41.9 Å². The summed E-state index contributed by atoms with van der Waals surface area (Å²) in [7, 11) is 0. The summed E-state index contributed by atoms with van der Waals surface area (Å²) >= 11 is 1.18. The molecule has 2 heterocycles. The van der Waals surface area contributed by atoms with Crippen LogP contribution in [0.5, 0.6) is 0 Å². The Hall–Kier alpha value is -2.61. The van der Waals surface area contributed by atoms with Crippen LogP contribution in [0.15, 0.2) is 30.6 Å². The fourth-order valence-electron chi connectivity index (χ4n) is 1.66. The van der Waals surface area contributed by atoms with E-state index in [2.05, 4.69) is 24.0 Å². The fraction of sp³-hybridized carbons (Fsp3) is 0.0833. The molecule has 0 aliphatic heterocycles. The highest BCUT2D eigenvalue weighted by Gasteiger charge is 2.05. The van der Waals surface area contributed by atoms with Crippen LogP contribution in [0.1, 0.15) is 16.1 Å². The van der Waals surface area contributed by atoms with E-state index in [0.29, 0.717) is 12.4 Å². The topological polar surface area (TPSA) is 101 Å². The van der Waals surface area contributed by atoms with Gasteiger partial charge in [-0.1, -0.05) is 6.07 Å². The highest BCUT2D eigenvalue weighted by Crippen LogP contribution is 2.14. The molecule has 20 heavy (non-hydrogen) atoms. The minimum atomic E-state index is -1.09. The van der Waals surface area contributed by atoms with E-state index in [0.717, 1.165) is 16.6 Å². The number of carboxylic acid groups (broad SMARTS) is 1. The molecular formula is C12H9N5O2S. The number of hydrogen-bond donors (Lipinski definition) is 2. The molecule has 7 nitrogen and oxygen atoms in total. The van der Waals surface area contributed by atoms with Gasteiger partial charge < -0.3 is 10.4 Å². The van der Waals surface area contributed by atoms with E-state index >= 15 is 0 Å². The van der Waals surface area contributed by atoms with Crippen LogP contribution in [0.4, 0.5) is 5.82 Å². The number of fused-ring (bicyclic) bond motifs is 1. The van der Waals surface area contributed by atoms with Gasteiger partial charge in [0.2, 0.25) is 0 Å². The van der Waals surface area contributed by atoms with Crippen molar-refractivity contribution >= 4 is 34.5 Å². The second kappa shape index (κ2) is 5.17. The van der Waals surface area contributed by atoms with Crippen LogP contribution in [-0.4, -0.2) is 29.8 Å². The second-order valence-electron chi connectivity index (χ2n) is 4.03. The summed E-state index contributed by atoms with van der Waals surface area (Å²) in [5.41, 5.74) is 2.70. The lowest BCUT2D eigenvalue weighted by atomic mass is 10.2. The zero-order valence-corrected chi connectivity index (χ0v) is 11.0. The molecular weight excluding hydrogens is 278 g/mol. The summed E-state index contributed by atoms with van der Waals surface area (Å²) in [6, 6.07) is 5.82. The van der Waals surface area contributed by atoms with Crippen LogP contribution in [0, 0.1) is 0 Å². The third-order valence-electron chi connectivity index (χ3n) is 2.66. The van der Waals surface area contributed by atoms with E-state index in [1.807, 2.05) is 18.2 Å². The fourth-order valence-corrected chi connectivity index (χ4v) is 2.18. The maximum absolute atomic E-state index is 10.7. The number of rotatable bonds is 4. The third kappa shape index (κ3) is 2.54. The maximum Gasteiger partial charge on any atom is 0.356 e. The summed E-state index contributed by atoms with van der Waals surface area (Å²) in [5.74, 6) is -0.572. The number of aromatic nitrogens is 4. The first-order chi connectivity index (χ1) is 9.72. The number of benzene rings is 1. The van der Waals surface area contributed by atoms with Crippen molar-refractivity contribution < 1.29 is 9.90 Å². The van der Waals surface area contributed by atoms with Gasteiger partial charge in [-0.05, 0) is 17.7 Å². The predicted molar refractivity (Wildman–Crippen MR) is 73.7 cm³/mol. The van der Waals surface area contributed by atoms with E-state index < -0.39 is 5.97 Å². The Kier molecular flexibility index (Phi) is 3.21.